The maximum atomic E-state index is 5.78. The zero-order valence-electron chi connectivity index (χ0n) is 15.9. The summed E-state index contributed by atoms with van der Waals surface area (Å²) in [6, 6.07) is 4.31. The third-order valence-electron chi connectivity index (χ3n) is 3.97. The van der Waals surface area contributed by atoms with E-state index in [4.69, 9.17) is 4.74 Å². The summed E-state index contributed by atoms with van der Waals surface area (Å²) in [6.45, 7) is 14.3. The van der Waals surface area contributed by atoms with Gasteiger partial charge in [-0.15, -0.1) is 35.3 Å². The Morgan fingerprint density at radius 1 is 1.28 bits per heavy atom. The molecular formula is C18H33IN4OS. The Bertz CT molecular complexity index is 513. The summed E-state index contributed by atoms with van der Waals surface area (Å²) in [5.41, 5.74) is 0. The molecule has 2 rings (SSSR count). The van der Waals surface area contributed by atoms with Crippen LogP contribution in [0, 0.1) is 6.92 Å². The van der Waals surface area contributed by atoms with E-state index in [0.29, 0.717) is 12.2 Å². The van der Waals surface area contributed by atoms with Crippen molar-refractivity contribution in [3.63, 3.8) is 0 Å². The van der Waals surface area contributed by atoms with Crippen LogP contribution in [0.2, 0.25) is 0 Å². The molecule has 5 nitrogen and oxygen atoms in total. The van der Waals surface area contributed by atoms with Crippen LogP contribution < -0.4 is 10.6 Å². The standard InChI is InChI=1S/C18H32N4OS.HI/c1-5-19-18(21-11-17-8-7-16(4)24-17)20-9-6-10-22-12-14(2)23-15(3)13-22;/h7-8,14-15H,5-6,9-13H2,1-4H3,(H2,19,20,21);1H. The summed E-state index contributed by atoms with van der Waals surface area (Å²) >= 11 is 1.81. The first-order valence-electron chi connectivity index (χ1n) is 9.02. The number of nitrogens with one attached hydrogen (secondary N) is 2. The van der Waals surface area contributed by atoms with E-state index in [-0.39, 0.29) is 24.0 Å². The van der Waals surface area contributed by atoms with Crippen molar-refractivity contribution >= 4 is 41.3 Å². The van der Waals surface area contributed by atoms with Crippen LogP contribution in [0.5, 0.6) is 0 Å². The highest BCUT2D eigenvalue weighted by atomic mass is 127. The molecule has 1 aromatic rings. The summed E-state index contributed by atoms with van der Waals surface area (Å²) < 4.78 is 5.78. The normalized spacial score (nSPS) is 21.7. The zero-order chi connectivity index (χ0) is 17.4. The van der Waals surface area contributed by atoms with E-state index in [1.165, 1.54) is 9.75 Å². The van der Waals surface area contributed by atoms with E-state index in [1.54, 1.807) is 0 Å². The highest BCUT2D eigenvalue weighted by Gasteiger charge is 2.21. The third-order valence-corrected chi connectivity index (χ3v) is 4.96. The van der Waals surface area contributed by atoms with E-state index in [1.807, 2.05) is 11.3 Å². The monoisotopic (exact) mass is 480 g/mol. The SMILES string of the molecule is CCNC(=NCc1ccc(C)s1)NCCCN1CC(C)OC(C)C1.I. The Hall–Kier alpha value is -0.380. The van der Waals surface area contributed by atoms with Crippen molar-refractivity contribution in [1.82, 2.24) is 15.5 Å². The number of guanidine groups is 1. The molecule has 25 heavy (non-hydrogen) atoms. The largest absolute Gasteiger partial charge is 0.373 e. The topological polar surface area (TPSA) is 48.9 Å². The first-order valence-corrected chi connectivity index (χ1v) is 9.83. The highest BCUT2D eigenvalue weighted by Crippen LogP contribution is 2.15. The molecular weight excluding hydrogens is 447 g/mol. The number of hydrogen-bond donors (Lipinski definition) is 2. The quantitative estimate of drug-likeness (QED) is 0.272. The second-order valence-electron chi connectivity index (χ2n) is 6.50. The minimum atomic E-state index is 0. The van der Waals surface area contributed by atoms with Gasteiger partial charge in [-0.2, -0.15) is 0 Å². The van der Waals surface area contributed by atoms with Gasteiger partial charge in [0.15, 0.2) is 5.96 Å². The van der Waals surface area contributed by atoms with Crippen LogP contribution in [0.1, 0.15) is 36.9 Å². The summed E-state index contributed by atoms with van der Waals surface area (Å²) in [6.07, 6.45) is 1.80. The number of halogens is 1. The van der Waals surface area contributed by atoms with Crippen molar-refractivity contribution in [2.24, 2.45) is 4.99 Å². The number of aryl methyl sites for hydroxylation is 1. The molecule has 2 N–H and O–H groups in total. The van der Waals surface area contributed by atoms with Crippen LogP contribution in [0.15, 0.2) is 17.1 Å². The van der Waals surface area contributed by atoms with Crippen molar-refractivity contribution in [2.75, 3.05) is 32.7 Å². The molecule has 2 atom stereocenters. The van der Waals surface area contributed by atoms with Crippen LogP contribution in [-0.2, 0) is 11.3 Å². The van der Waals surface area contributed by atoms with Crippen LogP contribution >= 0.6 is 35.3 Å². The summed E-state index contributed by atoms with van der Waals surface area (Å²) in [7, 11) is 0. The molecule has 7 heteroatoms. The average Bonchev–Trinajstić information content (AvgIpc) is 2.93. The van der Waals surface area contributed by atoms with Gasteiger partial charge >= 0.3 is 0 Å². The van der Waals surface area contributed by atoms with Gasteiger partial charge in [-0.1, -0.05) is 0 Å². The van der Waals surface area contributed by atoms with Gasteiger partial charge in [0.05, 0.1) is 18.8 Å². The third kappa shape index (κ3) is 8.70. The minimum Gasteiger partial charge on any atom is -0.373 e. The summed E-state index contributed by atoms with van der Waals surface area (Å²) in [5.74, 6) is 0.910. The molecule has 1 aliphatic rings. The first-order chi connectivity index (χ1) is 11.6. The van der Waals surface area contributed by atoms with E-state index in [9.17, 15) is 0 Å². The van der Waals surface area contributed by atoms with E-state index in [2.05, 4.69) is 60.4 Å². The molecule has 0 aliphatic carbocycles. The van der Waals surface area contributed by atoms with Gasteiger partial charge < -0.3 is 15.4 Å². The lowest BCUT2D eigenvalue weighted by atomic mass is 10.2. The number of thiophene rings is 1. The van der Waals surface area contributed by atoms with Gasteiger partial charge in [0.1, 0.15) is 0 Å². The lowest BCUT2D eigenvalue weighted by Gasteiger charge is -2.35. The molecule has 1 saturated heterocycles. The molecule has 0 bridgehead atoms. The van der Waals surface area contributed by atoms with Gasteiger partial charge in [-0.3, -0.25) is 4.90 Å². The molecule has 0 amide bonds. The van der Waals surface area contributed by atoms with Crippen LogP contribution in [0.3, 0.4) is 0 Å². The highest BCUT2D eigenvalue weighted by molar-refractivity contribution is 14.0. The summed E-state index contributed by atoms with van der Waals surface area (Å²) in [5, 5.41) is 6.77. The maximum Gasteiger partial charge on any atom is 0.191 e. The Balaban J connectivity index is 0.00000312. The number of rotatable bonds is 7. The molecule has 0 radical (unpaired) electrons. The number of morpholine rings is 1. The molecule has 0 saturated carbocycles. The molecule has 2 heterocycles. The van der Waals surface area contributed by atoms with Crippen LogP contribution in [-0.4, -0.2) is 55.8 Å². The molecule has 1 aromatic heterocycles. The number of aliphatic imine (C=N–C) groups is 1. The fourth-order valence-electron chi connectivity index (χ4n) is 3.05. The number of ether oxygens (including phenoxy) is 1. The van der Waals surface area contributed by atoms with Gasteiger partial charge in [0.2, 0.25) is 0 Å². The molecule has 1 fully saturated rings. The van der Waals surface area contributed by atoms with Crippen molar-refractivity contribution in [1.29, 1.82) is 0 Å². The Morgan fingerprint density at radius 3 is 2.60 bits per heavy atom. The molecule has 0 aromatic carbocycles. The fraction of sp³-hybridized carbons (Fsp3) is 0.722. The number of hydrogen-bond acceptors (Lipinski definition) is 4. The summed E-state index contributed by atoms with van der Waals surface area (Å²) in [4.78, 5) is 9.82. The second-order valence-corrected chi connectivity index (χ2v) is 7.88. The Morgan fingerprint density at radius 2 is 2.00 bits per heavy atom. The number of nitrogens with zero attached hydrogens (tertiary/aromatic N) is 2. The fourth-order valence-corrected chi connectivity index (χ4v) is 3.86. The maximum absolute atomic E-state index is 5.78. The van der Waals surface area contributed by atoms with Crippen molar-refractivity contribution < 1.29 is 4.74 Å². The van der Waals surface area contributed by atoms with Gasteiger partial charge in [-0.25, -0.2) is 4.99 Å². The van der Waals surface area contributed by atoms with Crippen LogP contribution in [0.4, 0.5) is 0 Å². The van der Waals surface area contributed by atoms with E-state index in [0.717, 1.165) is 51.6 Å². The molecule has 1 aliphatic heterocycles. The van der Waals surface area contributed by atoms with Crippen LogP contribution in [0.25, 0.3) is 0 Å². The van der Waals surface area contributed by atoms with E-state index < -0.39 is 0 Å². The molecule has 2 unspecified atom stereocenters. The lowest BCUT2D eigenvalue weighted by molar-refractivity contribution is -0.0679. The Kier molecular flexibility index (Phi) is 11.0. The van der Waals surface area contributed by atoms with Gasteiger partial charge in [-0.05, 0) is 46.2 Å². The smallest absolute Gasteiger partial charge is 0.191 e. The molecule has 0 spiro atoms. The first kappa shape index (κ1) is 22.7. The van der Waals surface area contributed by atoms with E-state index >= 15 is 0 Å². The second kappa shape index (κ2) is 12.1. The Labute approximate surface area is 173 Å². The van der Waals surface area contributed by atoms with Crippen molar-refractivity contribution in [3.8, 4) is 0 Å². The van der Waals surface area contributed by atoms with Gasteiger partial charge in [0, 0.05) is 42.5 Å². The lowest BCUT2D eigenvalue weighted by Crippen LogP contribution is -2.46. The zero-order valence-corrected chi connectivity index (χ0v) is 19.0. The van der Waals surface area contributed by atoms with Crippen molar-refractivity contribution in [3.05, 3.63) is 21.9 Å². The predicted octanol–water partition coefficient (Wildman–Crippen LogP) is 3.23. The van der Waals surface area contributed by atoms with Crippen molar-refractivity contribution in [2.45, 2.75) is 52.9 Å². The minimum absolute atomic E-state index is 0. The average molecular weight is 480 g/mol. The van der Waals surface area contributed by atoms with Gasteiger partial charge in [0.25, 0.3) is 0 Å². The predicted molar refractivity (Wildman–Crippen MR) is 118 cm³/mol. The molecule has 144 valence electrons.